The number of hydrogen-bond acceptors (Lipinski definition) is 2. The van der Waals surface area contributed by atoms with Crippen molar-refractivity contribution in [1.29, 1.82) is 0 Å². The van der Waals surface area contributed by atoms with Gasteiger partial charge in [-0.1, -0.05) is 19.8 Å². The summed E-state index contributed by atoms with van der Waals surface area (Å²) >= 11 is 0. The molecule has 5 heteroatoms. The first-order valence-corrected chi connectivity index (χ1v) is 6.84. The number of nitrogens with one attached hydrogen (secondary N) is 1. The second-order valence-electron chi connectivity index (χ2n) is 5.71. The van der Waals surface area contributed by atoms with Gasteiger partial charge in [0.1, 0.15) is 5.54 Å². The zero-order valence-corrected chi connectivity index (χ0v) is 10.9. The molecular weight excluding hydrogens is 232 g/mol. The van der Waals surface area contributed by atoms with Gasteiger partial charge in [-0.2, -0.15) is 0 Å². The molecule has 0 spiro atoms. The quantitative estimate of drug-likeness (QED) is 0.789. The minimum Gasteiger partial charge on any atom is -0.480 e. The fourth-order valence-electron chi connectivity index (χ4n) is 3.12. The van der Waals surface area contributed by atoms with Gasteiger partial charge in [-0.05, 0) is 31.6 Å². The van der Waals surface area contributed by atoms with Gasteiger partial charge >= 0.3 is 12.0 Å². The Bertz CT molecular complexity index is 339. The summed E-state index contributed by atoms with van der Waals surface area (Å²) in [5.74, 6) is -0.532. The third kappa shape index (κ3) is 2.60. The van der Waals surface area contributed by atoms with Crippen molar-refractivity contribution in [2.24, 2.45) is 5.92 Å². The fourth-order valence-corrected chi connectivity index (χ4v) is 3.12. The van der Waals surface area contributed by atoms with Gasteiger partial charge in [0.2, 0.25) is 0 Å². The number of urea groups is 1. The lowest BCUT2D eigenvalue weighted by Gasteiger charge is -2.38. The Kier molecular flexibility index (Phi) is 3.78. The lowest BCUT2D eigenvalue weighted by Crippen LogP contribution is -2.59. The Morgan fingerprint density at radius 3 is 2.50 bits per heavy atom. The maximum atomic E-state index is 12.1. The third-order valence-electron chi connectivity index (χ3n) is 4.15. The van der Waals surface area contributed by atoms with Crippen LogP contribution in [0.25, 0.3) is 0 Å². The molecule has 0 aromatic heterocycles. The SMILES string of the molecule is CC1CCCC(NC(=O)N2CCCC2)(C(=O)O)C1. The molecule has 0 aromatic rings. The van der Waals surface area contributed by atoms with Crippen molar-refractivity contribution < 1.29 is 14.7 Å². The molecule has 0 radical (unpaired) electrons. The van der Waals surface area contributed by atoms with Crippen molar-refractivity contribution in [2.45, 2.75) is 51.0 Å². The van der Waals surface area contributed by atoms with Gasteiger partial charge in [0.15, 0.2) is 0 Å². The first-order chi connectivity index (χ1) is 8.53. The van der Waals surface area contributed by atoms with Crippen LogP contribution in [-0.2, 0) is 4.79 Å². The van der Waals surface area contributed by atoms with Gasteiger partial charge in [-0.15, -0.1) is 0 Å². The third-order valence-corrected chi connectivity index (χ3v) is 4.15. The minimum absolute atomic E-state index is 0.205. The summed E-state index contributed by atoms with van der Waals surface area (Å²) in [6.07, 6.45) is 5.05. The second-order valence-corrected chi connectivity index (χ2v) is 5.71. The van der Waals surface area contributed by atoms with Gasteiger partial charge in [0.25, 0.3) is 0 Å². The van der Waals surface area contributed by atoms with Gasteiger partial charge in [0, 0.05) is 13.1 Å². The monoisotopic (exact) mass is 254 g/mol. The Morgan fingerprint density at radius 2 is 1.94 bits per heavy atom. The highest BCUT2D eigenvalue weighted by atomic mass is 16.4. The molecular formula is C13H22N2O3. The van der Waals surface area contributed by atoms with Crippen LogP contribution in [0.15, 0.2) is 0 Å². The van der Waals surface area contributed by atoms with E-state index in [0.717, 1.165) is 38.8 Å². The molecule has 2 fully saturated rings. The van der Waals surface area contributed by atoms with E-state index >= 15 is 0 Å². The van der Waals surface area contributed by atoms with Gasteiger partial charge in [-0.25, -0.2) is 9.59 Å². The molecule has 0 aromatic carbocycles. The second kappa shape index (κ2) is 5.16. The Hall–Kier alpha value is -1.26. The average molecular weight is 254 g/mol. The van der Waals surface area contributed by atoms with E-state index in [4.69, 9.17) is 0 Å². The van der Waals surface area contributed by atoms with E-state index in [2.05, 4.69) is 12.2 Å². The summed E-state index contributed by atoms with van der Waals surface area (Å²) in [5.41, 5.74) is -1.04. The molecule has 2 aliphatic rings. The van der Waals surface area contributed by atoms with Gasteiger partial charge in [-0.3, -0.25) is 0 Å². The standard InChI is InChI=1S/C13H22N2O3/c1-10-5-4-6-13(9-10,11(16)17)14-12(18)15-7-2-3-8-15/h10H,2-9H2,1H3,(H,14,18)(H,16,17). The average Bonchev–Trinajstić information content (AvgIpc) is 2.82. The molecule has 0 bridgehead atoms. The van der Waals surface area contributed by atoms with E-state index in [1.807, 2.05) is 0 Å². The molecule has 18 heavy (non-hydrogen) atoms. The number of hydrogen-bond donors (Lipinski definition) is 2. The Balaban J connectivity index is 2.05. The summed E-state index contributed by atoms with van der Waals surface area (Å²) in [6.45, 7) is 3.55. The number of rotatable bonds is 2. The number of amides is 2. The predicted molar refractivity (Wildman–Crippen MR) is 67.3 cm³/mol. The maximum Gasteiger partial charge on any atom is 0.329 e. The molecule has 2 amide bonds. The Labute approximate surface area is 108 Å². The van der Waals surface area contributed by atoms with Crippen LogP contribution in [0, 0.1) is 5.92 Å². The van der Waals surface area contributed by atoms with Crippen LogP contribution in [0.4, 0.5) is 4.79 Å². The molecule has 2 N–H and O–H groups in total. The van der Waals surface area contributed by atoms with Crippen LogP contribution in [0.1, 0.15) is 45.4 Å². The lowest BCUT2D eigenvalue weighted by molar-refractivity contribution is -0.146. The summed E-state index contributed by atoms with van der Waals surface area (Å²) in [4.78, 5) is 25.3. The van der Waals surface area contributed by atoms with Crippen LogP contribution < -0.4 is 5.32 Å². The minimum atomic E-state index is -1.04. The molecule has 1 heterocycles. The number of carbonyl (C=O) groups is 2. The summed E-state index contributed by atoms with van der Waals surface area (Å²) in [6, 6.07) is -0.205. The van der Waals surface area contributed by atoms with E-state index in [-0.39, 0.29) is 6.03 Å². The van der Waals surface area contributed by atoms with E-state index in [9.17, 15) is 14.7 Å². The first kappa shape index (κ1) is 13.2. The van der Waals surface area contributed by atoms with Crippen LogP contribution in [-0.4, -0.2) is 40.6 Å². The number of carboxylic acids is 1. The number of aliphatic carboxylic acids is 1. The molecule has 2 rings (SSSR count). The van der Waals surface area contributed by atoms with E-state index < -0.39 is 11.5 Å². The number of carbonyl (C=O) groups excluding carboxylic acids is 1. The van der Waals surface area contributed by atoms with Gasteiger partial charge in [0.05, 0.1) is 0 Å². The van der Waals surface area contributed by atoms with Crippen molar-refractivity contribution in [2.75, 3.05) is 13.1 Å². The normalized spacial score (nSPS) is 32.3. The van der Waals surface area contributed by atoms with Crippen LogP contribution >= 0.6 is 0 Å². The van der Waals surface area contributed by atoms with Crippen LogP contribution in [0.2, 0.25) is 0 Å². The van der Waals surface area contributed by atoms with Crippen molar-refractivity contribution in [3.63, 3.8) is 0 Å². The molecule has 1 saturated carbocycles. The molecule has 5 nitrogen and oxygen atoms in total. The summed E-state index contributed by atoms with van der Waals surface area (Å²) in [7, 11) is 0. The zero-order valence-electron chi connectivity index (χ0n) is 10.9. The van der Waals surface area contributed by atoms with Crippen molar-refractivity contribution in [3.8, 4) is 0 Å². The number of carboxylic acid groups (broad SMARTS) is 1. The fraction of sp³-hybridized carbons (Fsp3) is 0.846. The van der Waals surface area contributed by atoms with Crippen LogP contribution in [0.3, 0.4) is 0 Å². The highest BCUT2D eigenvalue weighted by Gasteiger charge is 2.44. The van der Waals surface area contributed by atoms with E-state index in [1.165, 1.54) is 0 Å². The number of nitrogens with zero attached hydrogens (tertiary/aromatic N) is 1. The van der Waals surface area contributed by atoms with Gasteiger partial charge < -0.3 is 15.3 Å². The smallest absolute Gasteiger partial charge is 0.329 e. The van der Waals surface area contributed by atoms with Crippen LogP contribution in [0.5, 0.6) is 0 Å². The summed E-state index contributed by atoms with van der Waals surface area (Å²) < 4.78 is 0. The van der Waals surface area contributed by atoms with E-state index in [0.29, 0.717) is 18.8 Å². The van der Waals surface area contributed by atoms with Crippen molar-refractivity contribution in [1.82, 2.24) is 10.2 Å². The highest BCUT2D eigenvalue weighted by Crippen LogP contribution is 2.32. The van der Waals surface area contributed by atoms with E-state index in [1.54, 1.807) is 4.90 Å². The molecule has 2 atom stereocenters. The number of likely N-dealkylation sites (tertiary alicyclic amines) is 1. The summed E-state index contributed by atoms with van der Waals surface area (Å²) in [5, 5.41) is 12.3. The predicted octanol–water partition coefficient (Wildman–Crippen LogP) is 1.83. The first-order valence-electron chi connectivity index (χ1n) is 6.84. The molecule has 2 unspecified atom stereocenters. The highest BCUT2D eigenvalue weighted by molar-refractivity contribution is 5.86. The zero-order chi connectivity index (χ0) is 13.2. The van der Waals surface area contributed by atoms with Crippen molar-refractivity contribution >= 4 is 12.0 Å². The topological polar surface area (TPSA) is 69.6 Å². The molecule has 1 aliphatic carbocycles. The largest absolute Gasteiger partial charge is 0.480 e. The molecule has 102 valence electrons. The molecule has 1 saturated heterocycles. The Morgan fingerprint density at radius 1 is 1.28 bits per heavy atom. The lowest BCUT2D eigenvalue weighted by atomic mass is 9.76. The molecule has 1 aliphatic heterocycles. The van der Waals surface area contributed by atoms with Crippen molar-refractivity contribution in [3.05, 3.63) is 0 Å². The maximum absolute atomic E-state index is 12.1.